The molecule has 0 aliphatic carbocycles. The highest BCUT2D eigenvalue weighted by Crippen LogP contribution is 2.25. The van der Waals surface area contributed by atoms with Gasteiger partial charge in [0, 0.05) is 11.6 Å². The maximum absolute atomic E-state index is 10.5. The molecule has 0 aliphatic heterocycles. The summed E-state index contributed by atoms with van der Waals surface area (Å²) in [6.45, 7) is 3.99. The van der Waals surface area contributed by atoms with Crippen LogP contribution in [0, 0.1) is 0 Å². The van der Waals surface area contributed by atoms with Crippen LogP contribution in [0.25, 0.3) is 0 Å². The van der Waals surface area contributed by atoms with Gasteiger partial charge < -0.3 is 15.6 Å². The Morgan fingerprint density at radius 3 is 2.29 bits per heavy atom. The minimum absolute atomic E-state index is 0.252. The van der Waals surface area contributed by atoms with Crippen LogP contribution >= 0.6 is 22.9 Å². The van der Waals surface area contributed by atoms with E-state index in [1.54, 1.807) is 12.3 Å². The smallest absolute Gasteiger partial charge is 0.403 e. The lowest BCUT2D eigenvalue weighted by molar-refractivity contribution is 0.0703. The fourth-order valence-electron chi connectivity index (χ4n) is 0.956. The van der Waals surface area contributed by atoms with Gasteiger partial charge in [0.25, 0.3) is 0 Å². The molecule has 0 bridgehead atoms. The fourth-order valence-corrected chi connectivity index (χ4v) is 1.98. The highest BCUT2D eigenvalue weighted by molar-refractivity contribution is 7.12. The second-order valence-corrected chi connectivity index (χ2v) is 4.02. The number of carboxylic acids is 1. The molecule has 1 aromatic rings. The van der Waals surface area contributed by atoms with Crippen LogP contribution in [0.5, 0.6) is 0 Å². The maximum atomic E-state index is 10.5. The molecule has 1 aromatic heterocycles. The Bertz CT molecular complexity index is 392. The molecule has 0 atom stereocenters. The molecule has 0 aliphatic rings. The summed E-state index contributed by atoms with van der Waals surface area (Å²) in [5.41, 5.74) is 6.15. The first kappa shape index (κ1) is 15.7. The van der Waals surface area contributed by atoms with Gasteiger partial charge in [-0.25, -0.2) is 9.59 Å². The number of carboxylic acid groups (broad SMARTS) is 1. The average Bonchev–Trinajstić information content (AvgIpc) is 2.60. The number of aromatic carboxylic acids is 1. The van der Waals surface area contributed by atoms with Gasteiger partial charge in [-0.1, -0.05) is 6.92 Å². The summed E-state index contributed by atoms with van der Waals surface area (Å²) in [5.74, 6) is -0.938. The van der Waals surface area contributed by atoms with Gasteiger partial charge in [0.05, 0.1) is 12.3 Å². The highest BCUT2D eigenvalue weighted by atomic mass is 35.5. The summed E-state index contributed by atoms with van der Waals surface area (Å²) < 4.78 is 4.17. The van der Waals surface area contributed by atoms with Gasteiger partial charge in [-0.3, -0.25) is 0 Å². The lowest BCUT2D eigenvalue weighted by Gasteiger charge is -1.93. The number of nitrogens with two attached hydrogens (primary N) is 1. The molecular formula is C10H14ClNO4S. The first-order chi connectivity index (χ1) is 7.93. The van der Waals surface area contributed by atoms with E-state index in [9.17, 15) is 9.59 Å². The van der Waals surface area contributed by atoms with Crippen molar-refractivity contribution in [2.75, 3.05) is 12.3 Å². The molecule has 0 fully saturated rings. The number of hydrogen-bond acceptors (Lipinski definition) is 5. The van der Waals surface area contributed by atoms with Crippen molar-refractivity contribution < 1.29 is 19.4 Å². The van der Waals surface area contributed by atoms with Crippen molar-refractivity contribution in [3.05, 3.63) is 15.8 Å². The number of aryl methyl sites for hydroxylation is 1. The molecule has 3 N–H and O–H groups in total. The third kappa shape index (κ3) is 5.55. The number of halogens is 1. The highest BCUT2D eigenvalue weighted by Gasteiger charge is 2.12. The molecule has 5 nitrogen and oxygen atoms in total. The zero-order chi connectivity index (χ0) is 13.4. The topological polar surface area (TPSA) is 89.6 Å². The van der Waals surface area contributed by atoms with Gasteiger partial charge in [-0.2, -0.15) is 0 Å². The molecule has 1 heterocycles. The summed E-state index contributed by atoms with van der Waals surface area (Å²) in [6, 6.07) is 0. The number of anilines is 1. The SMILES string of the molecule is CCOC(=O)Cl.CCc1csc(C(=O)O)c1N. The van der Waals surface area contributed by atoms with E-state index in [4.69, 9.17) is 22.4 Å². The molecule has 0 radical (unpaired) electrons. The van der Waals surface area contributed by atoms with E-state index in [0.717, 1.165) is 12.0 Å². The van der Waals surface area contributed by atoms with Crippen molar-refractivity contribution in [1.82, 2.24) is 0 Å². The van der Waals surface area contributed by atoms with E-state index in [1.807, 2.05) is 6.92 Å². The van der Waals surface area contributed by atoms with Gasteiger partial charge in [-0.05, 0) is 24.3 Å². The Morgan fingerprint density at radius 1 is 1.53 bits per heavy atom. The summed E-state index contributed by atoms with van der Waals surface area (Å²) in [7, 11) is 0. The molecule has 1 rings (SSSR count). The van der Waals surface area contributed by atoms with Crippen LogP contribution in [0.2, 0.25) is 0 Å². The van der Waals surface area contributed by atoms with Gasteiger partial charge in [0.2, 0.25) is 0 Å². The molecule has 0 unspecified atom stereocenters. The number of ether oxygens (including phenoxy) is 1. The van der Waals surface area contributed by atoms with Crippen molar-refractivity contribution in [3.63, 3.8) is 0 Å². The molecule has 7 heteroatoms. The van der Waals surface area contributed by atoms with Crippen LogP contribution in [0.3, 0.4) is 0 Å². The molecule has 0 amide bonds. The van der Waals surface area contributed by atoms with Crippen LogP contribution in [-0.2, 0) is 11.2 Å². The summed E-state index contributed by atoms with van der Waals surface area (Å²) in [5, 5.41) is 10.4. The second-order valence-electron chi connectivity index (χ2n) is 2.83. The number of hydrogen-bond donors (Lipinski definition) is 2. The zero-order valence-electron chi connectivity index (χ0n) is 9.53. The van der Waals surface area contributed by atoms with Crippen LogP contribution in [-0.4, -0.2) is 23.1 Å². The Labute approximate surface area is 108 Å². The predicted molar refractivity (Wildman–Crippen MR) is 67.9 cm³/mol. The van der Waals surface area contributed by atoms with E-state index in [1.165, 1.54) is 11.3 Å². The van der Waals surface area contributed by atoms with E-state index in [0.29, 0.717) is 12.3 Å². The molecule has 0 spiro atoms. The van der Waals surface area contributed by atoms with Crippen molar-refractivity contribution >= 4 is 40.0 Å². The first-order valence-electron chi connectivity index (χ1n) is 4.85. The monoisotopic (exact) mass is 279 g/mol. The van der Waals surface area contributed by atoms with Crippen LogP contribution in [0.1, 0.15) is 29.1 Å². The molecule has 0 saturated carbocycles. The summed E-state index contributed by atoms with van der Waals surface area (Å²) in [4.78, 5) is 20.3. The maximum Gasteiger partial charge on any atom is 0.403 e. The molecule has 0 saturated heterocycles. The van der Waals surface area contributed by atoms with Gasteiger partial charge in [-0.15, -0.1) is 11.3 Å². The third-order valence-electron chi connectivity index (χ3n) is 1.74. The number of carbonyl (C=O) groups is 2. The Kier molecular flexibility index (Phi) is 7.32. The Hall–Kier alpha value is -1.27. The second kappa shape index (κ2) is 7.92. The van der Waals surface area contributed by atoms with E-state index in [-0.39, 0.29) is 4.88 Å². The quantitative estimate of drug-likeness (QED) is 0.830. The van der Waals surface area contributed by atoms with E-state index >= 15 is 0 Å². The fraction of sp³-hybridized carbons (Fsp3) is 0.400. The predicted octanol–water partition coefficient (Wildman–Crippen LogP) is 2.97. The Morgan fingerprint density at radius 2 is 2.12 bits per heavy atom. The van der Waals surface area contributed by atoms with Crippen LogP contribution in [0.4, 0.5) is 10.5 Å². The first-order valence-corrected chi connectivity index (χ1v) is 6.11. The van der Waals surface area contributed by atoms with Crippen molar-refractivity contribution in [1.29, 1.82) is 0 Å². The van der Waals surface area contributed by atoms with Gasteiger partial charge in [0.15, 0.2) is 0 Å². The van der Waals surface area contributed by atoms with Crippen LogP contribution in [0.15, 0.2) is 5.38 Å². The zero-order valence-corrected chi connectivity index (χ0v) is 11.1. The molecule has 17 heavy (non-hydrogen) atoms. The minimum atomic E-state index is -0.938. The summed E-state index contributed by atoms with van der Waals surface area (Å²) in [6.07, 6.45) is 0.787. The minimum Gasteiger partial charge on any atom is -0.477 e. The number of rotatable bonds is 3. The normalized spacial score (nSPS) is 9.12. The van der Waals surface area contributed by atoms with Gasteiger partial charge >= 0.3 is 11.4 Å². The third-order valence-corrected chi connectivity index (χ3v) is 2.88. The van der Waals surface area contributed by atoms with Crippen molar-refractivity contribution in [3.8, 4) is 0 Å². The number of nitrogen functional groups attached to an aromatic ring is 1. The van der Waals surface area contributed by atoms with Crippen molar-refractivity contribution in [2.45, 2.75) is 20.3 Å². The lowest BCUT2D eigenvalue weighted by atomic mass is 10.2. The standard InChI is InChI=1S/C7H9NO2S.C3H5ClO2/c1-2-4-3-11-6(5(4)8)7(9)10;1-2-6-3(4)5/h3H,2,8H2,1H3,(H,9,10);2H2,1H3. The largest absolute Gasteiger partial charge is 0.477 e. The number of thiophene rings is 1. The molecule has 0 aromatic carbocycles. The van der Waals surface area contributed by atoms with Crippen molar-refractivity contribution in [2.24, 2.45) is 0 Å². The van der Waals surface area contributed by atoms with Gasteiger partial charge in [0.1, 0.15) is 4.88 Å². The summed E-state index contributed by atoms with van der Waals surface area (Å²) >= 11 is 5.90. The Balaban J connectivity index is 0.000000366. The lowest BCUT2D eigenvalue weighted by Crippen LogP contribution is -1.98. The van der Waals surface area contributed by atoms with Crippen LogP contribution < -0.4 is 5.73 Å². The molecular weight excluding hydrogens is 266 g/mol. The average molecular weight is 280 g/mol. The number of carbonyl (C=O) groups excluding carboxylic acids is 1. The van der Waals surface area contributed by atoms with E-state index in [2.05, 4.69) is 4.74 Å². The van der Waals surface area contributed by atoms with E-state index < -0.39 is 11.4 Å². The molecule has 96 valence electrons.